The topological polar surface area (TPSA) is 21.3 Å². The first kappa shape index (κ1) is 15.1. The summed E-state index contributed by atoms with van der Waals surface area (Å²) in [6, 6.07) is 7.19. The van der Waals surface area contributed by atoms with Crippen LogP contribution in [0.2, 0.25) is 0 Å². The highest BCUT2D eigenvalue weighted by atomic mass is 19.1. The van der Waals surface area contributed by atoms with Crippen LogP contribution in [0.3, 0.4) is 0 Å². The Morgan fingerprint density at radius 2 is 2.00 bits per heavy atom. The van der Waals surface area contributed by atoms with Crippen molar-refractivity contribution in [3.63, 3.8) is 0 Å². The van der Waals surface area contributed by atoms with E-state index in [0.29, 0.717) is 18.2 Å². The minimum atomic E-state index is -0.193. The van der Waals surface area contributed by atoms with E-state index in [2.05, 4.69) is 19.2 Å². The van der Waals surface area contributed by atoms with Crippen LogP contribution in [0.15, 0.2) is 24.3 Å². The van der Waals surface area contributed by atoms with Gasteiger partial charge in [0.2, 0.25) is 0 Å². The molecule has 18 heavy (non-hydrogen) atoms. The third-order valence-corrected chi connectivity index (χ3v) is 2.91. The fourth-order valence-corrected chi connectivity index (χ4v) is 1.89. The summed E-state index contributed by atoms with van der Waals surface area (Å²) in [5.74, 6) is -0.193. The molecule has 0 fully saturated rings. The van der Waals surface area contributed by atoms with Crippen molar-refractivity contribution < 1.29 is 9.13 Å². The molecule has 0 radical (unpaired) electrons. The first-order valence-electron chi connectivity index (χ1n) is 6.71. The van der Waals surface area contributed by atoms with Crippen LogP contribution >= 0.6 is 0 Å². The molecule has 2 nitrogen and oxygen atoms in total. The fourth-order valence-electron chi connectivity index (χ4n) is 1.89. The molecule has 0 aliphatic heterocycles. The third kappa shape index (κ3) is 5.61. The van der Waals surface area contributed by atoms with Gasteiger partial charge in [-0.2, -0.15) is 0 Å². The largest absolute Gasteiger partial charge is 0.374 e. The Labute approximate surface area is 110 Å². The average Bonchev–Trinajstić information content (AvgIpc) is 2.35. The molecular formula is C15H24FNO. The van der Waals surface area contributed by atoms with Crippen LogP contribution in [0.25, 0.3) is 0 Å². The van der Waals surface area contributed by atoms with E-state index < -0.39 is 0 Å². The number of halogens is 1. The maximum atomic E-state index is 13.4. The van der Waals surface area contributed by atoms with Gasteiger partial charge in [-0.15, -0.1) is 0 Å². The Balaban J connectivity index is 2.28. The van der Waals surface area contributed by atoms with Crippen LogP contribution in [-0.4, -0.2) is 18.7 Å². The van der Waals surface area contributed by atoms with Gasteiger partial charge in [0, 0.05) is 11.6 Å². The van der Waals surface area contributed by atoms with E-state index >= 15 is 0 Å². The summed E-state index contributed by atoms with van der Waals surface area (Å²) < 4.78 is 19.1. The molecule has 1 rings (SSSR count). The number of rotatable bonds is 8. The Morgan fingerprint density at radius 1 is 1.28 bits per heavy atom. The summed E-state index contributed by atoms with van der Waals surface area (Å²) in [5, 5.41) is 3.42. The first-order valence-corrected chi connectivity index (χ1v) is 6.71. The summed E-state index contributed by atoms with van der Waals surface area (Å²) in [7, 11) is 0. The SMILES string of the molecule is CCCNC(C)CC(C)OCc1ccccc1F. The molecule has 0 aliphatic carbocycles. The number of benzene rings is 1. The van der Waals surface area contributed by atoms with Gasteiger partial charge in [-0.05, 0) is 39.3 Å². The molecule has 1 N–H and O–H groups in total. The molecule has 0 heterocycles. The van der Waals surface area contributed by atoms with E-state index in [-0.39, 0.29) is 11.9 Å². The third-order valence-electron chi connectivity index (χ3n) is 2.91. The van der Waals surface area contributed by atoms with Gasteiger partial charge in [0.25, 0.3) is 0 Å². The molecule has 1 aromatic rings. The summed E-state index contributed by atoms with van der Waals surface area (Å²) in [6.45, 7) is 7.71. The number of hydrogen-bond acceptors (Lipinski definition) is 2. The van der Waals surface area contributed by atoms with Crippen LogP contribution in [0.5, 0.6) is 0 Å². The molecule has 0 aliphatic rings. The Hall–Kier alpha value is -0.930. The van der Waals surface area contributed by atoms with Crippen molar-refractivity contribution >= 4 is 0 Å². The smallest absolute Gasteiger partial charge is 0.128 e. The molecule has 0 bridgehead atoms. The predicted octanol–water partition coefficient (Wildman–Crippen LogP) is 3.51. The predicted molar refractivity (Wildman–Crippen MR) is 73.0 cm³/mol. The normalized spacial score (nSPS) is 14.4. The van der Waals surface area contributed by atoms with Crippen LogP contribution in [0.4, 0.5) is 4.39 Å². The molecular weight excluding hydrogens is 229 g/mol. The van der Waals surface area contributed by atoms with Crippen molar-refractivity contribution in [3.05, 3.63) is 35.6 Å². The summed E-state index contributed by atoms with van der Waals surface area (Å²) in [5.41, 5.74) is 0.624. The quantitative estimate of drug-likeness (QED) is 0.765. The van der Waals surface area contributed by atoms with Crippen LogP contribution < -0.4 is 5.32 Å². The van der Waals surface area contributed by atoms with Crippen LogP contribution in [0, 0.1) is 5.82 Å². The van der Waals surface area contributed by atoms with E-state index in [4.69, 9.17) is 4.74 Å². The van der Waals surface area contributed by atoms with Crippen molar-refractivity contribution in [1.29, 1.82) is 0 Å². The Morgan fingerprint density at radius 3 is 2.67 bits per heavy atom. The summed E-state index contributed by atoms with van der Waals surface area (Å²) in [4.78, 5) is 0. The van der Waals surface area contributed by atoms with Gasteiger partial charge in [-0.3, -0.25) is 0 Å². The van der Waals surface area contributed by atoms with E-state index in [0.717, 1.165) is 19.4 Å². The molecule has 0 amide bonds. The number of hydrogen-bond donors (Lipinski definition) is 1. The standard InChI is InChI=1S/C15H24FNO/c1-4-9-17-12(2)10-13(3)18-11-14-7-5-6-8-15(14)16/h5-8,12-13,17H,4,9-11H2,1-3H3. The lowest BCUT2D eigenvalue weighted by Gasteiger charge is -2.19. The zero-order valence-corrected chi connectivity index (χ0v) is 11.6. The minimum Gasteiger partial charge on any atom is -0.374 e. The lowest BCUT2D eigenvalue weighted by molar-refractivity contribution is 0.0404. The second kappa shape index (κ2) is 8.22. The van der Waals surface area contributed by atoms with E-state index in [9.17, 15) is 4.39 Å². The molecule has 1 aromatic carbocycles. The minimum absolute atomic E-state index is 0.129. The zero-order valence-electron chi connectivity index (χ0n) is 11.6. The van der Waals surface area contributed by atoms with Gasteiger partial charge in [0.05, 0.1) is 12.7 Å². The van der Waals surface area contributed by atoms with Crippen molar-refractivity contribution in [3.8, 4) is 0 Å². The molecule has 0 spiro atoms. The highest BCUT2D eigenvalue weighted by molar-refractivity contribution is 5.16. The maximum Gasteiger partial charge on any atom is 0.128 e. The lowest BCUT2D eigenvalue weighted by atomic mass is 10.1. The van der Waals surface area contributed by atoms with Crippen molar-refractivity contribution in [2.24, 2.45) is 0 Å². The number of nitrogens with one attached hydrogen (secondary N) is 1. The number of ether oxygens (including phenoxy) is 1. The fraction of sp³-hybridized carbons (Fsp3) is 0.600. The molecule has 3 heteroatoms. The highest BCUT2D eigenvalue weighted by Gasteiger charge is 2.09. The van der Waals surface area contributed by atoms with E-state index in [1.165, 1.54) is 6.07 Å². The highest BCUT2D eigenvalue weighted by Crippen LogP contribution is 2.11. The van der Waals surface area contributed by atoms with Crippen molar-refractivity contribution in [2.45, 2.75) is 52.4 Å². The zero-order chi connectivity index (χ0) is 13.4. The van der Waals surface area contributed by atoms with Gasteiger partial charge < -0.3 is 10.1 Å². The summed E-state index contributed by atoms with van der Waals surface area (Å²) in [6.07, 6.45) is 2.20. The van der Waals surface area contributed by atoms with Crippen LogP contribution in [-0.2, 0) is 11.3 Å². The Kier molecular flexibility index (Phi) is 6.91. The monoisotopic (exact) mass is 253 g/mol. The molecule has 0 saturated heterocycles. The van der Waals surface area contributed by atoms with Gasteiger partial charge in [-0.25, -0.2) is 4.39 Å². The molecule has 2 atom stereocenters. The summed E-state index contributed by atoms with van der Waals surface area (Å²) >= 11 is 0. The van der Waals surface area contributed by atoms with Gasteiger partial charge in [0.15, 0.2) is 0 Å². The first-order chi connectivity index (χ1) is 8.63. The Bertz CT molecular complexity index is 343. The second-order valence-electron chi connectivity index (χ2n) is 4.80. The van der Waals surface area contributed by atoms with Gasteiger partial charge in [0.1, 0.15) is 5.82 Å². The molecule has 2 unspecified atom stereocenters. The van der Waals surface area contributed by atoms with Gasteiger partial charge >= 0.3 is 0 Å². The van der Waals surface area contributed by atoms with E-state index in [1.54, 1.807) is 12.1 Å². The molecule has 0 aromatic heterocycles. The maximum absolute atomic E-state index is 13.4. The van der Waals surface area contributed by atoms with Crippen molar-refractivity contribution in [1.82, 2.24) is 5.32 Å². The molecule has 102 valence electrons. The lowest BCUT2D eigenvalue weighted by Crippen LogP contribution is -2.30. The van der Waals surface area contributed by atoms with Crippen LogP contribution in [0.1, 0.15) is 39.2 Å². The van der Waals surface area contributed by atoms with Crippen molar-refractivity contribution in [2.75, 3.05) is 6.54 Å². The average molecular weight is 253 g/mol. The molecule has 0 saturated carbocycles. The van der Waals surface area contributed by atoms with Gasteiger partial charge in [-0.1, -0.05) is 25.1 Å². The van der Waals surface area contributed by atoms with E-state index in [1.807, 2.05) is 13.0 Å². The second-order valence-corrected chi connectivity index (χ2v) is 4.80.